The average molecular weight is 223 g/mol. The van der Waals surface area contributed by atoms with Crippen molar-refractivity contribution < 1.29 is 4.39 Å². The second kappa shape index (κ2) is 5.37. The van der Waals surface area contributed by atoms with E-state index >= 15 is 0 Å². The zero-order valence-corrected chi connectivity index (χ0v) is 9.62. The van der Waals surface area contributed by atoms with E-state index in [1.54, 1.807) is 12.3 Å². The maximum absolute atomic E-state index is 13.0. The highest BCUT2D eigenvalue weighted by atomic mass is 19.1. The minimum Gasteiger partial charge on any atom is -0.314 e. The van der Waals surface area contributed by atoms with Crippen molar-refractivity contribution >= 4 is 0 Å². The van der Waals surface area contributed by atoms with Crippen molar-refractivity contribution in [1.29, 1.82) is 0 Å². The molecule has 0 amide bonds. The molecule has 1 unspecified atom stereocenters. The predicted octanol–water partition coefficient (Wildman–Crippen LogP) is 1.23. The number of hydrogen-bond donors (Lipinski definition) is 1. The van der Waals surface area contributed by atoms with Crippen LogP contribution in [0, 0.1) is 5.82 Å². The molecule has 16 heavy (non-hydrogen) atoms. The number of rotatable bonds is 3. The molecule has 0 aromatic carbocycles. The molecule has 2 rings (SSSR count). The maximum atomic E-state index is 13.0. The van der Waals surface area contributed by atoms with E-state index in [1.165, 1.54) is 6.20 Å². The molecule has 1 fully saturated rings. The van der Waals surface area contributed by atoms with Gasteiger partial charge in [0.25, 0.3) is 0 Å². The van der Waals surface area contributed by atoms with Gasteiger partial charge in [-0.05, 0) is 17.5 Å². The lowest BCUT2D eigenvalue weighted by Crippen LogP contribution is -2.44. The lowest BCUT2D eigenvalue weighted by molar-refractivity contribution is 0.230. The fraction of sp³-hybridized carbons (Fsp3) is 0.583. The van der Waals surface area contributed by atoms with Gasteiger partial charge < -0.3 is 10.2 Å². The number of nitrogens with one attached hydrogen (secondary N) is 1. The second-order valence-electron chi connectivity index (χ2n) is 4.39. The van der Waals surface area contributed by atoms with E-state index in [4.69, 9.17) is 0 Å². The number of nitrogens with zero attached hydrogens (tertiary/aromatic N) is 2. The van der Waals surface area contributed by atoms with Crippen molar-refractivity contribution in [1.82, 2.24) is 15.2 Å². The summed E-state index contributed by atoms with van der Waals surface area (Å²) in [6.07, 6.45) is 3.01. The molecule has 0 radical (unpaired) electrons. The molecule has 1 saturated heterocycles. The van der Waals surface area contributed by atoms with E-state index in [1.807, 2.05) is 0 Å². The van der Waals surface area contributed by atoms with E-state index in [0.29, 0.717) is 5.92 Å². The van der Waals surface area contributed by atoms with Crippen LogP contribution >= 0.6 is 0 Å². The summed E-state index contributed by atoms with van der Waals surface area (Å²) in [5.74, 6) is 0.0889. The van der Waals surface area contributed by atoms with Crippen LogP contribution in [0.4, 0.5) is 4.39 Å². The molecule has 0 spiro atoms. The molecule has 0 saturated carbocycles. The summed E-state index contributed by atoms with van der Waals surface area (Å²) in [6, 6.07) is 1.58. The molecule has 2 heterocycles. The van der Waals surface area contributed by atoms with Gasteiger partial charge in [-0.15, -0.1) is 0 Å². The summed E-state index contributed by atoms with van der Waals surface area (Å²) in [7, 11) is 0. The number of pyridine rings is 1. The molecule has 1 N–H and O–H groups in total. The molecule has 1 aliphatic rings. The van der Waals surface area contributed by atoms with Crippen molar-refractivity contribution in [2.45, 2.75) is 12.8 Å². The van der Waals surface area contributed by atoms with Gasteiger partial charge >= 0.3 is 0 Å². The average Bonchev–Trinajstić information content (AvgIpc) is 2.30. The SMILES string of the molecule is CC(CN1CCNCC1)c1cncc(F)c1. The Kier molecular flexibility index (Phi) is 3.85. The smallest absolute Gasteiger partial charge is 0.141 e. The highest BCUT2D eigenvalue weighted by Gasteiger charge is 2.14. The third-order valence-electron chi connectivity index (χ3n) is 3.04. The molecule has 1 aromatic heterocycles. The summed E-state index contributed by atoms with van der Waals surface area (Å²) < 4.78 is 13.0. The van der Waals surface area contributed by atoms with Crippen LogP contribution in [-0.4, -0.2) is 42.6 Å². The second-order valence-corrected chi connectivity index (χ2v) is 4.39. The molecule has 0 aliphatic carbocycles. The van der Waals surface area contributed by atoms with Crippen LogP contribution in [0.3, 0.4) is 0 Å². The Morgan fingerprint density at radius 3 is 2.88 bits per heavy atom. The Bertz CT molecular complexity index is 337. The number of hydrogen-bond acceptors (Lipinski definition) is 3. The molecule has 3 nitrogen and oxygen atoms in total. The van der Waals surface area contributed by atoms with Gasteiger partial charge in [0.1, 0.15) is 5.82 Å². The summed E-state index contributed by atoms with van der Waals surface area (Å²) in [6.45, 7) is 7.35. The Balaban J connectivity index is 1.94. The van der Waals surface area contributed by atoms with Gasteiger partial charge in [0, 0.05) is 38.9 Å². The van der Waals surface area contributed by atoms with E-state index < -0.39 is 0 Å². The van der Waals surface area contributed by atoms with Crippen LogP contribution in [0.2, 0.25) is 0 Å². The Morgan fingerprint density at radius 1 is 1.44 bits per heavy atom. The molecular formula is C12H18FN3. The molecular weight excluding hydrogens is 205 g/mol. The highest BCUT2D eigenvalue weighted by molar-refractivity contribution is 5.15. The third-order valence-corrected chi connectivity index (χ3v) is 3.04. The lowest BCUT2D eigenvalue weighted by atomic mass is 10.0. The summed E-state index contributed by atoms with van der Waals surface area (Å²) in [5, 5.41) is 3.32. The fourth-order valence-corrected chi connectivity index (χ4v) is 2.08. The zero-order valence-electron chi connectivity index (χ0n) is 9.62. The largest absolute Gasteiger partial charge is 0.314 e. The number of halogens is 1. The first kappa shape index (κ1) is 11.5. The highest BCUT2D eigenvalue weighted by Crippen LogP contribution is 2.16. The summed E-state index contributed by atoms with van der Waals surface area (Å²) in [5.41, 5.74) is 0.985. The van der Waals surface area contributed by atoms with E-state index in [0.717, 1.165) is 38.3 Å². The van der Waals surface area contributed by atoms with Crippen LogP contribution < -0.4 is 5.32 Å². The standard InChI is InChI=1S/C12H18FN3/c1-10(9-16-4-2-14-3-5-16)11-6-12(13)8-15-7-11/h6-8,10,14H,2-5,9H2,1H3. The number of piperazine rings is 1. The van der Waals surface area contributed by atoms with Gasteiger partial charge in [-0.25, -0.2) is 4.39 Å². The molecule has 1 aromatic rings. The van der Waals surface area contributed by atoms with Crippen molar-refractivity contribution in [2.75, 3.05) is 32.7 Å². The molecule has 0 bridgehead atoms. The van der Waals surface area contributed by atoms with Crippen LogP contribution in [0.5, 0.6) is 0 Å². The third kappa shape index (κ3) is 3.00. The predicted molar refractivity (Wildman–Crippen MR) is 61.9 cm³/mol. The van der Waals surface area contributed by atoms with Crippen LogP contribution in [-0.2, 0) is 0 Å². The molecule has 88 valence electrons. The zero-order chi connectivity index (χ0) is 11.4. The molecule has 4 heteroatoms. The first-order chi connectivity index (χ1) is 7.75. The van der Waals surface area contributed by atoms with Crippen molar-refractivity contribution in [3.8, 4) is 0 Å². The van der Waals surface area contributed by atoms with Gasteiger partial charge in [-0.3, -0.25) is 4.98 Å². The topological polar surface area (TPSA) is 28.2 Å². The van der Waals surface area contributed by atoms with Gasteiger partial charge in [0.15, 0.2) is 0 Å². The minimum absolute atomic E-state index is 0.246. The molecule has 1 atom stereocenters. The Morgan fingerprint density at radius 2 is 2.19 bits per heavy atom. The van der Waals surface area contributed by atoms with E-state index in [2.05, 4.69) is 22.1 Å². The number of aromatic nitrogens is 1. The van der Waals surface area contributed by atoms with Crippen LogP contribution in [0.25, 0.3) is 0 Å². The maximum Gasteiger partial charge on any atom is 0.141 e. The van der Waals surface area contributed by atoms with Gasteiger partial charge in [-0.2, -0.15) is 0 Å². The first-order valence-electron chi connectivity index (χ1n) is 5.79. The van der Waals surface area contributed by atoms with Crippen molar-refractivity contribution in [2.24, 2.45) is 0 Å². The first-order valence-corrected chi connectivity index (χ1v) is 5.79. The quantitative estimate of drug-likeness (QED) is 0.835. The Labute approximate surface area is 95.7 Å². The van der Waals surface area contributed by atoms with Crippen LogP contribution in [0.15, 0.2) is 18.5 Å². The molecule has 1 aliphatic heterocycles. The van der Waals surface area contributed by atoms with Gasteiger partial charge in [0.2, 0.25) is 0 Å². The van der Waals surface area contributed by atoms with Gasteiger partial charge in [-0.1, -0.05) is 6.92 Å². The van der Waals surface area contributed by atoms with Crippen molar-refractivity contribution in [3.63, 3.8) is 0 Å². The summed E-state index contributed by atoms with van der Waals surface area (Å²) >= 11 is 0. The van der Waals surface area contributed by atoms with Crippen molar-refractivity contribution in [3.05, 3.63) is 29.8 Å². The van der Waals surface area contributed by atoms with Gasteiger partial charge in [0.05, 0.1) is 6.20 Å². The normalized spacial score (nSPS) is 19.6. The Hall–Kier alpha value is -1.00. The van der Waals surface area contributed by atoms with E-state index in [-0.39, 0.29) is 5.82 Å². The monoisotopic (exact) mass is 223 g/mol. The minimum atomic E-state index is -0.246. The lowest BCUT2D eigenvalue weighted by Gasteiger charge is -2.29. The summed E-state index contributed by atoms with van der Waals surface area (Å²) in [4.78, 5) is 6.30. The fourth-order valence-electron chi connectivity index (χ4n) is 2.08. The van der Waals surface area contributed by atoms with E-state index in [9.17, 15) is 4.39 Å². The van der Waals surface area contributed by atoms with Crippen LogP contribution in [0.1, 0.15) is 18.4 Å².